The molecule has 1 unspecified atom stereocenters. The fourth-order valence-corrected chi connectivity index (χ4v) is 3.68. The first-order chi connectivity index (χ1) is 14.1. The molecule has 7 nitrogen and oxygen atoms in total. The number of para-hydroxylation sites is 1. The van der Waals surface area contributed by atoms with Crippen molar-refractivity contribution in [2.75, 3.05) is 38.0 Å². The number of nitrogens with zero attached hydrogens (tertiary/aromatic N) is 4. The molecule has 1 aliphatic rings. The molecule has 0 bridgehead atoms. The van der Waals surface area contributed by atoms with Crippen LogP contribution in [0.25, 0.3) is 0 Å². The van der Waals surface area contributed by atoms with Crippen LogP contribution >= 0.6 is 0 Å². The summed E-state index contributed by atoms with van der Waals surface area (Å²) in [6.07, 6.45) is 3.98. The van der Waals surface area contributed by atoms with E-state index < -0.39 is 0 Å². The molecule has 0 radical (unpaired) electrons. The van der Waals surface area contributed by atoms with Crippen molar-refractivity contribution in [2.24, 2.45) is 0 Å². The van der Waals surface area contributed by atoms with Gasteiger partial charge in [-0.2, -0.15) is 4.98 Å². The maximum absolute atomic E-state index is 12.5. The molecule has 1 aromatic carbocycles. The molecule has 0 aliphatic carbocycles. The Morgan fingerprint density at radius 1 is 1.21 bits per heavy atom. The lowest BCUT2D eigenvalue weighted by molar-refractivity contribution is -0.117. The van der Waals surface area contributed by atoms with Crippen LogP contribution in [0.1, 0.15) is 56.9 Å². The molecule has 1 aromatic heterocycles. The molecule has 1 atom stereocenters. The summed E-state index contributed by atoms with van der Waals surface area (Å²) in [5, 5.41) is 7.16. The van der Waals surface area contributed by atoms with Crippen LogP contribution in [0.2, 0.25) is 0 Å². The Balaban J connectivity index is 1.46. The van der Waals surface area contributed by atoms with Crippen LogP contribution in [-0.2, 0) is 17.6 Å². The van der Waals surface area contributed by atoms with Crippen LogP contribution in [0.15, 0.2) is 28.8 Å². The minimum absolute atomic E-state index is 0.0462. The number of aryl methyl sites for hydroxylation is 2. The second kappa shape index (κ2) is 10.5. The van der Waals surface area contributed by atoms with Crippen molar-refractivity contribution in [1.82, 2.24) is 19.9 Å². The number of rotatable bonds is 9. The SMILES string of the molecule is CCCCc1noc(C(C)N2CCN(CC(=O)Nc3ccccc3CC)CC2)n1. The standard InChI is InChI=1S/C22H33N5O2/c1-4-6-11-20-24-22(29-25-20)17(3)27-14-12-26(13-15-27)16-21(28)23-19-10-8-7-9-18(19)5-2/h7-10,17H,4-6,11-16H2,1-3H3,(H,23,28). The number of hydrogen-bond acceptors (Lipinski definition) is 6. The van der Waals surface area contributed by atoms with E-state index in [-0.39, 0.29) is 11.9 Å². The van der Waals surface area contributed by atoms with E-state index in [9.17, 15) is 4.79 Å². The highest BCUT2D eigenvalue weighted by molar-refractivity contribution is 5.93. The topological polar surface area (TPSA) is 74.5 Å². The molecule has 0 spiro atoms. The summed E-state index contributed by atoms with van der Waals surface area (Å²) < 4.78 is 5.48. The van der Waals surface area contributed by atoms with Gasteiger partial charge in [0.25, 0.3) is 0 Å². The summed E-state index contributed by atoms with van der Waals surface area (Å²) >= 11 is 0. The lowest BCUT2D eigenvalue weighted by atomic mass is 10.1. The number of carbonyl (C=O) groups excluding carboxylic acids is 1. The second-order valence-corrected chi connectivity index (χ2v) is 7.70. The molecule has 1 fully saturated rings. The van der Waals surface area contributed by atoms with Crippen LogP contribution in [0.5, 0.6) is 0 Å². The van der Waals surface area contributed by atoms with Gasteiger partial charge in [0.2, 0.25) is 11.8 Å². The summed E-state index contributed by atoms with van der Waals surface area (Å²) in [5.74, 6) is 1.54. The summed E-state index contributed by atoms with van der Waals surface area (Å²) in [6.45, 7) is 10.3. The third-order valence-electron chi connectivity index (χ3n) is 5.59. The highest BCUT2D eigenvalue weighted by atomic mass is 16.5. The van der Waals surface area contributed by atoms with Crippen LogP contribution in [0.3, 0.4) is 0 Å². The van der Waals surface area contributed by atoms with E-state index in [1.165, 1.54) is 0 Å². The number of anilines is 1. The van der Waals surface area contributed by atoms with Gasteiger partial charge >= 0.3 is 0 Å². The van der Waals surface area contributed by atoms with Gasteiger partial charge in [0.1, 0.15) is 0 Å². The number of benzene rings is 1. The average molecular weight is 400 g/mol. The largest absolute Gasteiger partial charge is 0.338 e. The predicted octanol–water partition coefficient (Wildman–Crippen LogP) is 3.29. The molecule has 1 N–H and O–H groups in total. The van der Waals surface area contributed by atoms with E-state index in [0.717, 1.165) is 68.9 Å². The molecule has 158 valence electrons. The van der Waals surface area contributed by atoms with Gasteiger partial charge in [0, 0.05) is 38.3 Å². The summed E-state index contributed by atoms with van der Waals surface area (Å²) in [4.78, 5) is 21.6. The molecule has 29 heavy (non-hydrogen) atoms. The first-order valence-corrected chi connectivity index (χ1v) is 10.8. The predicted molar refractivity (Wildman–Crippen MR) is 114 cm³/mol. The number of hydrogen-bond donors (Lipinski definition) is 1. The Morgan fingerprint density at radius 3 is 2.69 bits per heavy atom. The fraction of sp³-hybridized carbons (Fsp3) is 0.591. The Kier molecular flexibility index (Phi) is 7.77. The highest BCUT2D eigenvalue weighted by Gasteiger charge is 2.26. The molecule has 2 heterocycles. The quantitative estimate of drug-likeness (QED) is 0.697. The van der Waals surface area contributed by atoms with E-state index in [1.54, 1.807) is 0 Å². The fourth-order valence-electron chi connectivity index (χ4n) is 3.68. The average Bonchev–Trinajstić information content (AvgIpc) is 3.21. The van der Waals surface area contributed by atoms with Crippen molar-refractivity contribution in [2.45, 2.75) is 52.5 Å². The molecule has 3 rings (SSSR count). The molecular formula is C22H33N5O2. The van der Waals surface area contributed by atoms with E-state index in [2.05, 4.69) is 52.1 Å². The van der Waals surface area contributed by atoms with E-state index >= 15 is 0 Å². The van der Waals surface area contributed by atoms with Crippen LogP contribution in [0.4, 0.5) is 5.69 Å². The second-order valence-electron chi connectivity index (χ2n) is 7.70. The van der Waals surface area contributed by atoms with Crippen molar-refractivity contribution in [3.63, 3.8) is 0 Å². The summed E-state index contributed by atoms with van der Waals surface area (Å²) in [6, 6.07) is 8.09. The molecule has 1 amide bonds. The third kappa shape index (κ3) is 5.87. The van der Waals surface area contributed by atoms with Crippen molar-refractivity contribution in [3.05, 3.63) is 41.5 Å². The number of amides is 1. The van der Waals surface area contributed by atoms with E-state index in [1.807, 2.05) is 18.2 Å². The maximum atomic E-state index is 12.5. The maximum Gasteiger partial charge on any atom is 0.243 e. The van der Waals surface area contributed by atoms with E-state index in [0.29, 0.717) is 12.4 Å². The first-order valence-electron chi connectivity index (χ1n) is 10.8. The molecule has 0 saturated carbocycles. The Labute approximate surface area is 173 Å². The number of carbonyl (C=O) groups is 1. The van der Waals surface area contributed by atoms with Crippen molar-refractivity contribution in [3.8, 4) is 0 Å². The highest BCUT2D eigenvalue weighted by Crippen LogP contribution is 2.21. The Hall–Kier alpha value is -2.25. The van der Waals surface area contributed by atoms with Gasteiger partial charge < -0.3 is 9.84 Å². The normalized spacial score (nSPS) is 16.7. The van der Waals surface area contributed by atoms with Crippen LogP contribution in [-0.4, -0.2) is 58.6 Å². The van der Waals surface area contributed by atoms with Gasteiger partial charge in [-0.05, 0) is 31.4 Å². The number of piperazine rings is 1. The minimum Gasteiger partial charge on any atom is -0.338 e. The Bertz CT molecular complexity index is 783. The number of nitrogens with one attached hydrogen (secondary N) is 1. The van der Waals surface area contributed by atoms with E-state index in [4.69, 9.17) is 4.52 Å². The van der Waals surface area contributed by atoms with Gasteiger partial charge in [-0.25, -0.2) is 0 Å². The van der Waals surface area contributed by atoms with Gasteiger partial charge in [0.15, 0.2) is 5.82 Å². The zero-order valence-corrected chi connectivity index (χ0v) is 17.9. The first kappa shape index (κ1) is 21.5. The third-order valence-corrected chi connectivity index (χ3v) is 5.59. The summed E-state index contributed by atoms with van der Waals surface area (Å²) in [5.41, 5.74) is 2.08. The Morgan fingerprint density at radius 2 is 1.97 bits per heavy atom. The van der Waals surface area contributed by atoms with Crippen LogP contribution in [0, 0.1) is 0 Å². The van der Waals surface area contributed by atoms with Crippen molar-refractivity contribution < 1.29 is 9.32 Å². The van der Waals surface area contributed by atoms with Gasteiger partial charge in [-0.3, -0.25) is 14.6 Å². The lowest BCUT2D eigenvalue weighted by Gasteiger charge is -2.36. The molecule has 1 saturated heterocycles. The number of aromatic nitrogens is 2. The monoisotopic (exact) mass is 399 g/mol. The van der Waals surface area contributed by atoms with Gasteiger partial charge in [-0.1, -0.05) is 43.6 Å². The number of unbranched alkanes of at least 4 members (excludes halogenated alkanes) is 1. The zero-order chi connectivity index (χ0) is 20.6. The smallest absolute Gasteiger partial charge is 0.243 e. The molecular weight excluding hydrogens is 366 g/mol. The van der Waals surface area contributed by atoms with Crippen molar-refractivity contribution in [1.29, 1.82) is 0 Å². The van der Waals surface area contributed by atoms with Crippen LogP contribution < -0.4 is 5.32 Å². The zero-order valence-electron chi connectivity index (χ0n) is 17.9. The van der Waals surface area contributed by atoms with Gasteiger partial charge in [0.05, 0.1) is 12.6 Å². The molecule has 2 aromatic rings. The van der Waals surface area contributed by atoms with Crippen molar-refractivity contribution >= 4 is 11.6 Å². The van der Waals surface area contributed by atoms with Gasteiger partial charge in [-0.15, -0.1) is 0 Å². The molecule has 7 heteroatoms. The summed E-state index contributed by atoms with van der Waals surface area (Å²) in [7, 11) is 0. The lowest BCUT2D eigenvalue weighted by Crippen LogP contribution is -2.49. The minimum atomic E-state index is 0.0462. The molecule has 1 aliphatic heterocycles.